The third-order valence-corrected chi connectivity index (χ3v) is 3.92. The number of carbonyl (C=O) groups is 2. The predicted octanol–water partition coefficient (Wildman–Crippen LogP) is 1.48. The van der Waals surface area contributed by atoms with Crippen LogP contribution in [0.1, 0.15) is 39.1 Å². The van der Waals surface area contributed by atoms with Gasteiger partial charge in [-0.1, -0.05) is 20.8 Å². The number of hydrogen-bond acceptors (Lipinski definition) is 7. The summed E-state index contributed by atoms with van der Waals surface area (Å²) in [6, 6.07) is 1.58. The molecule has 124 valence electrons. The number of aliphatic imine (C=N–C) groups is 1. The molecule has 0 aromatic carbocycles. The Hall–Kier alpha value is -2.51. The highest BCUT2D eigenvalue weighted by atomic mass is 16.7. The fourth-order valence-electron chi connectivity index (χ4n) is 2.01. The van der Waals surface area contributed by atoms with E-state index in [-0.39, 0.29) is 29.1 Å². The summed E-state index contributed by atoms with van der Waals surface area (Å²) >= 11 is 0. The van der Waals surface area contributed by atoms with Gasteiger partial charge in [0.05, 0.1) is 12.8 Å². The summed E-state index contributed by atoms with van der Waals surface area (Å²) in [7, 11) is 1.21. The molecule has 1 atom stereocenters. The standard InChI is InChI=1S/C15H20N4O4/c1-6-9-7-10(23-14(21)22-5)11(19-18-9)12-16-13(20)15(4,17-12)8(2)3/h7-8H,6H2,1-5H3,(H,16,17,20). The molecule has 2 rings (SSSR count). The number of nitrogens with one attached hydrogen (secondary N) is 1. The van der Waals surface area contributed by atoms with Crippen LogP contribution in [0.15, 0.2) is 11.1 Å². The lowest BCUT2D eigenvalue weighted by Gasteiger charge is -2.21. The average Bonchev–Trinajstić information content (AvgIpc) is 2.83. The van der Waals surface area contributed by atoms with E-state index >= 15 is 0 Å². The molecule has 2 heterocycles. The van der Waals surface area contributed by atoms with Gasteiger partial charge in [-0.25, -0.2) is 9.79 Å². The molecule has 1 N–H and O–H groups in total. The minimum absolute atomic E-state index is 0.00662. The molecule has 8 nitrogen and oxygen atoms in total. The highest BCUT2D eigenvalue weighted by Gasteiger charge is 2.43. The van der Waals surface area contributed by atoms with Gasteiger partial charge in [-0.2, -0.15) is 5.10 Å². The van der Waals surface area contributed by atoms with Crippen LogP contribution in [0.5, 0.6) is 5.75 Å². The van der Waals surface area contributed by atoms with Gasteiger partial charge in [-0.15, -0.1) is 5.10 Å². The van der Waals surface area contributed by atoms with Crippen molar-refractivity contribution in [1.29, 1.82) is 0 Å². The molecule has 1 aliphatic heterocycles. The first-order valence-electron chi connectivity index (χ1n) is 7.35. The highest BCUT2D eigenvalue weighted by molar-refractivity contribution is 6.15. The van der Waals surface area contributed by atoms with Crippen LogP contribution >= 0.6 is 0 Å². The van der Waals surface area contributed by atoms with Crippen LogP contribution in [0, 0.1) is 5.92 Å². The van der Waals surface area contributed by atoms with Crippen LogP contribution in [0.3, 0.4) is 0 Å². The van der Waals surface area contributed by atoms with E-state index in [9.17, 15) is 9.59 Å². The maximum Gasteiger partial charge on any atom is 0.513 e. The van der Waals surface area contributed by atoms with Gasteiger partial charge < -0.3 is 14.8 Å². The van der Waals surface area contributed by atoms with Gasteiger partial charge in [0.1, 0.15) is 5.54 Å². The maximum absolute atomic E-state index is 12.2. The zero-order valence-corrected chi connectivity index (χ0v) is 13.8. The zero-order chi connectivity index (χ0) is 17.2. The van der Waals surface area contributed by atoms with E-state index in [0.717, 1.165) is 0 Å². The van der Waals surface area contributed by atoms with Gasteiger partial charge in [0, 0.05) is 6.07 Å². The minimum atomic E-state index is -0.900. The highest BCUT2D eigenvalue weighted by Crippen LogP contribution is 2.28. The molecule has 1 aromatic heterocycles. The molecule has 1 unspecified atom stereocenters. The molecule has 0 radical (unpaired) electrons. The van der Waals surface area contributed by atoms with E-state index in [0.29, 0.717) is 12.1 Å². The summed E-state index contributed by atoms with van der Waals surface area (Å²) < 4.78 is 9.63. The lowest BCUT2D eigenvalue weighted by molar-refractivity contribution is -0.124. The summed E-state index contributed by atoms with van der Waals surface area (Å²) in [5.74, 6) is 0.150. The Bertz CT molecular complexity index is 671. The third-order valence-electron chi connectivity index (χ3n) is 3.92. The number of amides is 1. The number of hydrogen-bond donors (Lipinski definition) is 1. The van der Waals surface area contributed by atoms with E-state index < -0.39 is 11.7 Å². The molecular weight excluding hydrogens is 300 g/mol. The Morgan fingerprint density at radius 3 is 2.61 bits per heavy atom. The number of nitrogens with zero attached hydrogens (tertiary/aromatic N) is 3. The largest absolute Gasteiger partial charge is 0.513 e. The van der Waals surface area contributed by atoms with Gasteiger partial charge >= 0.3 is 6.16 Å². The van der Waals surface area contributed by atoms with Crippen LogP contribution in [0.2, 0.25) is 0 Å². The first-order chi connectivity index (χ1) is 10.8. The molecule has 1 aromatic rings. The molecule has 0 fully saturated rings. The Kier molecular flexibility index (Phi) is 4.63. The molecule has 23 heavy (non-hydrogen) atoms. The average molecular weight is 320 g/mol. The summed E-state index contributed by atoms with van der Waals surface area (Å²) in [6.45, 7) is 7.46. The molecule has 0 bridgehead atoms. The predicted molar refractivity (Wildman–Crippen MR) is 82.4 cm³/mol. The van der Waals surface area contributed by atoms with Crippen molar-refractivity contribution in [3.63, 3.8) is 0 Å². The first kappa shape index (κ1) is 16.9. The van der Waals surface area contributed by atoms with Crippen molar-refractivity contribution in [1.82, 2.24) is 15.5 Å². The van der Waals surface area contributed by atoms with E-state index in [2.05, 4.69) is 25.2 Å². The van der Waals surface area contributed by atoms with Crippen molar-refractivity contribution in [3.05, 3.63) is 17.5 Å². The second-order valence-corrected chi connectivity index (χ2v) is 5.68. The van der Waals surface area contributed by atoms with E-state index in [1.165, 1.54) is 7.11 Å². The summed E-state index contributed by atoms with van der Waals surface area (Å²) in [4.78, 5) is 28.1. The van der Waals surface area contributed by atoms with Gasteiger partial charge in [-0.05, 0) is 19.3 Å². The van der Waals surface area contributed by atoms with Crippen LogP contribution in [0.25, 0.3) is 0 Å². The Balaban J connectivity index is 2.47. The molecule has 8 heteroatoms. The molecule has 0 aliphatic carbocycles. The fraction of sp³-hybridized carbons (Fsp3) is 0.533. The van der Waals surface area contributed by atoms with Crippen molar-refractivity contribution >= 4 is 17.9 Å². The molecule has 0 saturated carbocycles. The summed E-state index contributed by atoms with van der Waals surface area (Å²) in [5, 5.41) is 10.8. The molecule has 1 aliphatic rings. The molecule has 0 saturated heterocycles. The maximum atomic E-state index is 12.2. The molecule has 0 spiro atoms. The van der Waals surface area contributed by atoms with E-state index in [4.69, 9.17) is 4.74 Å². The second-order valence-electron chi connectivity index (χ2n) is 5.68. The van der Waals surface area contributed by atoms with Gasteiger partial charge in [0.25, 0.3) is 5.91 Å². The van der Waals surface area contributed by atoms with Crippen molar-refractivity contribution in [2.75, 3.05) is 7.11 Å². The topological polar surface area (TPSA) is 103 Å². The Labute approximate surface area is 134 Å². The lowest BCUT2D eigenvalue weighted by atomic mass is 9.89. The zero-order valence-electron chi connectivity index (χ0n) is 13.8. The summed E-state index contributed by atoms with van der Waals surface area (Å²) in [5.41, 5.74) is -0.0577. The quantitative estimate of drug-likeness (QED) is 0.843. The monoisotopic (exact) mass is 320 g/mol. The van der Waals surface area contributed by atoms with Crippen molar-refractivity contribution in [2.45, 2.75) is 39.7 Å². The van der Waals surface area contributed by atoms with Crippen LogP contribution in [0.4, 0.5) is 4.79 Å². The third kappa shape index (κ3) is 3.15. The number of carbonyl (C=O) groups excluding carboxylic acids is 2. The number of aromatic nitrogens is 2. The lowest BCUT2D eigenvalue weighted by Crippen LogP contribution is -2.41. The van der Waals surface area contributed by atoms with E-state index in [1.54, 1.807) is 13.0 Å². The van der Waals surface area contributed by atoms with Crippen molar-refractivity contribution in [3.8, 4) is 5.75 Å². The molecular formula is C15H20N4O4. The van der Waals surface area contributed by atoms with Crippen LogP contribution in [-0.4, -0.2) is 40.7 Å². The summed E-state index contributed by atoms with van der Waals surface area (Å²) in [6.07, 6.45) is -0.259. The fourth-order valence-corrected chi connectivity index (χ4v) is 2.01. The molecule has 1 amide bonds. The first-order valence-corrected chi connectivity index (χ1v) is 7.35. The number of rotatable bonds is 4. The minimum Gasteiger partial charge on any atom is -0.437 e. The smallest absolute Gasteiger partial charge is 0.437 e. The Morgan fingerprint density at radius 1 is 1.39 bits per heavy atom. The van der Waals surface area contributed by atoms with Gasteiger partial charge in [0.2, 0.25) is 0 Å². The number of ether oxygens (including phenoxy) is 2. The van der Waals surface area contributed by atoms with Crippen LogP contribution in [-0.2, 0) is 16.0 Å². The normalized spacial score (nSPS) is 20.3. The number of aryl methyl sites for hydroxylation is 1. The number of methoxy groups -OCH3 is 1. The van der Waals surface area contributed by atoms with Crippen LogP contribution < -0.4 is 10.1 Å². The number of amidine groups is 1. The SMILES string of the molecule is CCc1cc(OC(=O)OC)c(C2=NC(C)(C(C)C)C(=O)N2)nn1. The van der Waals surface area contributed by atoms with Gasteiger partial charge in [-0.3, -0.25) is 4.79 Å². The van der Waals surface area contributed by atoms with Crippen molar-refractivity contribution in [2.24, 2.45) is 10.9 Å². The second kappa shape index (κ2) is 6.31. The van der Waals surface area contributed by atoms with E-state index in [1.807, 2.05) is 20.8 Å². The Morgan fingerprint density at radius 2 is 2.09 bits per heavy atom. The van der Waals surface area contributed by atoms with Gasteiger partial charge in [0.15, 0.2) is 17.3 Å². The van der Waals surface area contributed by atoms with Crippen molar-refractivity contribution < 1.29 is 19.1 Å².